The van der Waals surface area contributed by atoms with E-state index in [0.29, 0.717) is 18.7 Å². The van der Waals surface area contributed by atoms with Crippen LogP contribution in [0.2, 0.25) is 0 Å². The molecule has 1 amide bonds. The van der Waals surface area contributed by atoms with Crippen LogP contribution in [0.25, 0.3) is 0 Å². The number of benzene rings is 1. The second-order valence-electron chi connectivity index (χ2n) is 5.15. The molecule has 1 heterocycles. The van der Waals surface area contributed by atoms with Gasteiger partial charge in [-0.05, 0) is 12.0 Å². The van der Waals surface area contributed by atoms with Crippen LogP contribution in [0.5, 0.6) is 0 Å². The summed E-state index contributed by atoms with van der Waals surface area (Å²) in [6, 6.07) is 8.75. The van der Waals surface area contributed by atoms with Gasteiger partial charge in [0.1, 0.15) is 0 Å². The fourth-order valence-corrected chi connectivity index (χ4v) is 3.55. The summed E-state index contributed by atoms with van der Waals surface area (Å²) in [5, 5.41) is 8.96. The Balaban J connectivity index is 2.00. The third kappa shape index (κ3) is 4.47. The van der Waals surface area contributed by atoms with Crippen molar-refractivity contribution in [2.45, 2.75) is 24.9 Å². The molecule has 0 radical (unpaired) electrons. The predicted octanol–water partition coefficient (Wildman–Crippen LogP) is 0.975. The molecule has 0 saturated carbocycles. The number of hydrogen-bond acceptors (Lipinski definition) is 4. The van der Waals surface area contributed by atoms with E-state index in [-0.39, 0.29) is 18.4 Å². The summed E-state index contributed by atoms with van der Waals surface area (Å²) < 4.78 is 0. The number of amides is 1. The zero-order chi connectivity index (χ0) is 15.2. The average Bonchev–Trinajstić information content (AvgIpc) is 2.47. The highest BCUT2D eigenvalue weighted by atomic mass is 32.2. The summed E-state index contributed by atoms with van der Waals surface area (Å²) in [5.41, 5.74) is 7.04. The summed E-state index contributed by atoms with van der Waals surface area (Å²) in [6.07, 6.45) is 0.458. The summed E-state index contributed by atoms with van der Waals surface area (Å²) in [6.45, 7) is 0.573. The van der Waals surface area contributed by atoms with E-state index < -0.39 is 12.0 Å². The number of nitrogens with zero attached hydrogens (tertiary/aromatic N) is 1. The van der Waals surface area contributed by atoms with E-state index in [1.54, 1.807) is 16.7 Å². The summed E-state index contributed by atoms with van der Waals surface area (Å²) >= 11 is 1.68. The van der Waals surface area contributed by atoms with Crippen molar-refractivity contribution in [1.82, 2.24) is 4.90 Å². The van der Waals surface area contributed by atoms with Crippen molar-refractivity contribution in [3.05, 3.63) is 35.9 Å². The molecule has 0 aromatic heterocycles. The lowest BCUT2D eigenvalue weighted by atomic mass is 10.0. The Hall–Kier alpha value is -1.53. The van der Waals surface area contributed by atoms with Gasteiger partial charge in [0.05, 0.1) is 18.5 Å². The van der Waals surface area contributed by atoms with E-state index in [4.69, 9.17) is 10.8 Å². The van der Waals surface area contributed by atoms with E-state index in [1.807, 2.05) is 30.3 Å². The Morgan fingerprint density at radius 3 is 2.76 bits per heavy atom. The van der Waals surface area contributed by atoms with Gasteiger partial charge in [0.15, 0.2) is 0 Å². The lowest BCUT2D eigenvalue weighted by molar-refractivity contribution is -0.140. The topological polar surface area (TPSA) is 83.6 Å². The fraction of sp³-hybridized carbons (Fsp3) is 0.467. The maximum atomic E-state index is 12.5. The minimum Gasteiger partial charge on any atom is -0.481 e. The fourth-order valence-electron chi connectivity index (χ4n) is 2.48. The predicted molar refractivity (Wildman–Crippen MR) is 83.2 cm³/mol. The first-order valence-electron chi connectivity index (χ1n) is 6.97. The van der Waals surface area contributed by atoms with Crippen molar-refractivity contribution in [3.63, 3.8) is 0 Å². The molecule has 6 heteroatoms. The molecular formula is C15H20N2O3S. The van der Waals surface area contributed by atoms with E-state index in [0.717, 1.165) is 11.3 Å². The van der Waals surface area contributed by atoms with Gasteiger partial charge in [-0.2, -0.15) is 11.8 Å². The second-order valence-corrected chi connectivity index (χ2v) is 6.30. The van der Waals surface area contributed by atoms with Crippen LogP contribution < -0.4 is 5.73 Å². The monoisotopic (exact) mass is 308 g/mol. The molecule has 21 heavy (non-hydrogen) atoms. The van der Waals surface area contributed by atoms with Crippen LogP contribution in [-0.2, 0) is 16.0 Å². The molecule has 0 aliphatic carbocycles. The number of nitrogens with two attached hydrogens (primary N) is 1. The lowest BCUT2D eigenvalue weighted by Gasteiger charge is -2.36. The van der Waals surface area contributed by atoms with Gasteiger partial charge in [-0.15, -0.1) is 0 Å². The number of carboxylic acid groups (broad SMARTS) is 1. The number of carbonyl (C=O) groups excluding carboxylic acids is 1. The van der Waals surface area contributed by atoms with Crippen molar-refractivity contribution in [2.24, 2.45) is 5.73 Å². The van der Waals surface area contributed by atoms with E-state index in [2.05, 4.69) is 0 Å². The minimum atomic E-state index is -0.878. The summed E-state index contributed by atoms with van der Waals surface area (Å²) in [7, 11) is 0. The van der Waals surface area contributed by atoms with Crippen LogP contribution in [0.1, 0.15) is 12.0 Å². The maximum absolute atomic E-state index is 12.5. The van der Waals surface area contributed by atoms with Crippen molar-refractivity contribution in [1.29, 1.82) is 0 Å². The van der Waals surface area contributed by atoms with Crippen LogP contribution in [-0.4, -0.2) is 52.0 Å². The molecular weight excluding hydrogens is 288 g/mol. The Kier molecular flexibility index (Phi) is 5.64. The van der Waals surface area contributed by atoms with Crippen LogP contribution in [0, 0.1) is 0 Å². The molecule has 0 spiro atoms. The molecule has 1 aliphatic rings. The van der Waals surface area contributed by atoms with Gasteiger partial charge in [-0.3, -0.25) is 9.59 Å². The highest BCUT2D eigenvalue weighted by Gasteiger charge is 2.31. The minimum absolute atomic E-state index is 0.0171. The number of carboxylic acids is 1. The SMILES string of the molecule is N[C@H](Cc1ccccc1)C(=O)N1CCSCC1CC(=O)O. The molecule has 1 fully saturated rings. The van der Waals surface area contributed by atoms with Crippen molar-refractivity contribution < 1.29 is 14.7 Å². The van der Waals surface area contributed by atoms with Crippen molar-refractivity contribution in [3.8, 4) is 0 Å². The Morgan fingerprint density at radius 1 is 1.38 bits per heavy atom. The molecule has 5 nitrogen and oxygen atoms in total. The number of hydrogen-bond donors (Lipinski definition) is 2. The molecule has 2 atom stereocenters. The quantitative estimate of drug-likeness (QED) is 0.847. The van der Waals surface area contributed by atoms with E-state index >= 15 is 0 Å². The highest BCUT2D eigenvalue weighted by Crippen LogP contribution is 2.20. The molecule has 1 aliphatic heterocycles. The smallest absolute Gasteiger partial charge is 0.305 e. The molecule has 1 aromatic rings. The normalized spacial score (nSPS) is 20.0. The third-order valence-electron chi connectivity index (χ3n) is 3.54. The number of aliphatic carboxylic acids is 1. The molecule has 0 bridgehead atoms. The summed E-state index contributed by atoms with van der Waals surface area (Å²) in [4.78, 5) is 25.1. The molecule has 1 unspecified atom stereocenters. The standard InChI is InChI=1S/C15H20N2O3S/c16-13(8-11-4-2-1-3-5-11)15(20)17-6-7-21-10-12(17)9-14(18)19/h1-5,12-13H,6-10,16H2,(H,18,19)/t12?,13-/m1/s1. The highest BCUT2D eigenvalue weighted by molar-refractivity contribution is 7.99. The van der Waals surface area contributed by atoms with Gasteiger partial charge in [-0.1, -0.05) is 30.3 Å². The molecule has 3 N–H and O–H groups in total. The van der Waals surface area contributed by atoms with Gasteiger partial charge in [0.2, 0.25) is 5.91 Å². The van der Waals surface area contributed by atoms with E-state index in [9.17, 15) is 9.59 Å². The first kappa shape index (κ1) is 15.9. The zero-order valence-electron chi connectivity index (χ0n) is 11.8. The number of thioether (sulfide) groups is 1. The van der Waals surface area contributed by atoms with Crippen LogP contribution in [0.15, 0.2) is 30.3 Å². The average molecular weight is 308 g/mol. The van der Waals surface area contributed by atoms with Crippen LogP contribution in [0.3, 0.4) is 0 Å². The zero-order valence-corrected chi connectivity index (χ0v) is 12.6. The van der Waals surface area contributed by atoms with Crippen molar-refractivity contribution >= 4 is 23.6 Å². The summed E-state index contributed by atoms with van der Waals surface area (Å²) in [5.74, 6) is 0.470. The first-order chi connectivity index (χ1) is 10.1. The number of carbonyl (C=O) groups is 2. The van der Waals surface area contributed by atoms with Crippen LogP contribution >= 0.6 is 11.8 Å². The molecule has 114 valence electrons. The van der Waals surface area contributed by atoms with Gasteiger partial charge in [0.25, 0.3) is 0 Å². The van der Waals surface area contributed by atoms with Gasteiger partial charge in [-0.25, -0.2) is 0 Å². The Bertz CT molecular complexity index is 495. The first-order valence-corrected chi connectivity index (χ1v) is 8.13. The lowest BCUT2D eigenvalue weighted by Crippen LogP contribution is -2.53. The number of rotatable bonds is 5. The van der Waals surface area contributed by atoms with Crippen molar-refractivity contribution in [2.75, 3.05) is 18.1 Å². The maximum Gasteiger partial charge on any atom is 0.305 e. The molecule has 1 saturated heterocycles. The molecule has 2 rings (SSSR count). The second kappa shape index (κ2) is 7.47. The Labute approximate surface area is 128 Å². The molecule has 1 aromatic carbocycles. The van der Waals surface area contributed by atoms with Gasteiger partial charge >= 0.3 is 5.97 Å². The Morgan fingerprint density at radius 2 is 2.10 bits per heavy atom. The van der Waals surface area contributed by atoms with Crippen LogP contribution in [0.4, 0.5) is 0 Å². The largest absolute Gasteiger partial charge is 0.481 e. The third-order valence-corrected chi connectivity index (χ3v) is 4.63. The van der Waals surface area contributed by atoms with Gasteiger partial charge < -0.3 is 15.7 Å². The van der Waals surface area contributed by atoms with E-state index in [1.165, 1.54) is 0 Å². The van der Waals surface area contributed by atoms with Gasteiger partial charge in [0, 0.05) is 18.1 Å².